The zero-order valence-electron chi connectivity index (χ0n) is 4.61. The summed E-state index contributed by atoms with van der Waals surface area (Å²) < 4.78 is 4.51. The summed E-state index contributed by atoms with van der Waals surface area (Å²) >= 11 is 11.0. The van der Waals surface area contributed by atoms with Crippen molar-refractivity contribution >= 4 is 29.0 Å². The normalized spacial score (nSPS) is 9.67. The Kier molecular flexibility index (Phi) is 1.83. The summed E-state index contributed by atoms with van der Waals surface area (Å²) in [7, 11) is 1.68. The number of anilines is 1. The number of hydrogen-bond acceptors (Lipinski definition) is 3. The molecule has 1 aromatic heterocycles. The molecule has 0 unspecified atom stereocenters. The van der Waals surface area contributed by atoms with Gasteiger partial charge in [-0.3, -0.25) is 0 Å². The van der Waals surface area contributed by atoms with Crippen molar-refractivity contribution in [2.45, 2.75) is 0 Å². The van der Waals surface area contributed by atoms with Gasteiger partial charge in [0.25, 0.3) is 0 Å². The monoisotopic (exact) mass is 166 g/mol. The van der Waals surface area contributed by atoms with Gasteiger partial charge >= 0.3 is 0 Å². The molecule has 1 aromatic rings. The Labute approximate surface area is 61.9 Å². The number of halogens is 2. The van der Waals surface area contributed by atoms with Crippen molar-refractivity contribution in [2.75, 3.05) is 12.4 Å². The first-order valence-corrected chi connectivity index (χ1v) is 2.99. The number of aromatic nitrogens is 1. The molecule has 0 saturated carbocycles. The third-order valence-electron chi connectivity index (χ3n) is 0.834. The van der Waals surface area contributed by atoms with E-state index in [-0.39, 0.29) is 5.22 Å². The maximum Gasteiger partial charge on any atom is 0.247 e. The van der Waals surface area contributed by atoms with Crippen LogP contribution in [0.15, 0.2) is 4.52 Å². The SMILES string of the molecule is CNc1noc(Cl)c1Cl. The minimum absolute atomic E-state index is 0.112. The molecule has 0 bridgehead atoms. The molecule has 5 heteroatoms. The van der Waals surface area contributed by atoms with Gasteiger partial charge < -0.3 is 9.84 Å². The summed E-state index contributed by atoms with van der Waals surface area (Å²) in [5.74, 6) is 0.460. The van der Waals surface area contributed by atoms with E-state index < -0.39 is 0 Å². The fourth-order valence-electron chi connectivity index (χ4n) is 0.414. The van der Waals surface area contributed by atoms with Crippen molar-refractivity contribution in [2.24, 2.45) is 0 Å². The van der Waals surface area contributed by atoms with Gasteiger partial charge in [0.2, 0.25) is 5.22 Å². The van der Waals surface area contributed by atoms with Crippen LogP contribution in [-0.2, 0) is 0 Å². The van der Waals surface area contributed by atoms with E-state index in [1.807, 2.05) is 0 Å². The lowest BCUT2D eigenvalue weighted by atomic mass is 10.6. The van der Waals surface area contributed by atoms with E-state index in [9.17, 15) is 0 Å². The van der Waals surface area contributed by atoms with Crippen LogP contribution in [0.1, 0.15) is 0 Å². The first-order valence-electron chi connectivity index (χ1n) is 2.24. The summed E-state index contributed by atoms with van der Waals surface area (Å²) in [6, 6.07) is 0. The summed E-state index contributed by atoms with van der Waals surface area (Å²) in [5.41, 5.74) is 0. The largest absolute Gasteiger partial charge is 0.369 e. The summed E-state index contributed by atoms with van der Waals surface area (Å²) in [6.45, 7) is 0. The van der Waals surface area contributed by atoms with Gasteiger partial charge in [-0.05, 0) is 11.6 Å². The second kappa shape index (κ2) is 2.45. The van der Waals surface area contributed by atoms with Crippen LogP contribution in [0.4, 0.5) is 5.82 Å². The molecular formula is C4H4Cl2N2O. The number of hydrogen-bond donors (Lipinski definition) is 1. The summed E-state index contributed by atoms with van der Waals surface area (Å²) in [6.07, 6.45) is 0. The van der Waals surface area contributed by atoms with Gasteiger partial charge in [0.1, 0.15) is 5.02 Å². The van der Waals surface area contributed by atoms with Gasteiger partial charge in [0.15, 0.2) is 5.82 Å². The van der Waals surface area contributed by atoms with Crippen molar-refractivity contribution in [1.29, 1.82) is 0 Å². The lowest BCUT2D eigenvalue weighted by molar-refractivity contribution is 0.424. The van der Waals surface area contributed by atoms with E-state index in [2.05, 4.69) is 15.0 Å². The lowest BCUT2D eigenvalue weighted by Gasteiger charge is -1.87. The van der Waals surface area contributed by atoms with E-state index in [1.165, 1.54) is 0 Å². The van der Waals surface area contributed by atoms with E-state index in [0.29, 0.717) is 10.8 Å². The molecule has 0 saturated heterocycles. The first kappa shape index (κ1) is 6.71. The quantitative estimate of drug-likeness (QED) is 0.695. The number of nitrogens with one attached hydrogen (secondary N) is 1. The Morgan fingerprint density at radius 1 is 1.56 bits per heavy atom. The van der Waals surface area contributed by atoms with Crippen LogP contribution < -0.4 is 5.32 Å². The Balaban J connectivity index is 3.04. The molecule has 0 aliphatic rings. The highest BCUT2D eigenvalue weighted by Gasteiger charge is 2.08. The van der Waals surface area contributed by atoms with Crippen molar-refractivity contribution in [3.8, 4) is 0 Å². The Morgan fingerprint density at radius 3 is 2.44 bits per heavy atom. The van der Waals surface area contributed by atoms with Crippen LogP contribution in [0.25, 0.3) is 0 Å². The van der Waals surface area contributed by atoms with Crippen molar-refractivity contribution < 1.29 is 4.52 Å². The average molecular weight is 167 g/mol. The molecule has 0 aliphatic carbocycles. The van der Waals surface area contributed by atoms with Gasteiger partial charge in [-0.15, -0.1) is 0 Å². The van der Waals surface area contributed by atoms with E-state index in [0.717, 1.165) is 0 Å². The molecule has 1 rings (SSSR count). The molecule has 0 atom stereocenters. The molecular weight excluding hydrogens is 163 g/mol. The van der Waals surface area contributed by atoms with Gasteiger partial charge in [-0.25, -0.2) is 0 Å². The standard InChI is InChI=1S/C4H4Cl2N2O/c1-7-4-2(5)3(6)9-8-4/h1H3,(H,7,8). The molecule has 0 aromatic carbocycles. The van der Waals surface area contributed by atoms with Crippen LogP contribution in [0.5, 0.6) is 0 Å². The second-order valence-electron chi connectivity index (χ2n) is 1.37. The zero-order chi connectivity index (χ0) is 6.85. The Morgan fingerprint density at radius 2 is 2.22 bits per heavy atom. The van der Waals surface area contributed by atoms with E-state index in [4.69, 9.17) is 23.2 Å². The molecule has 50 valence electrons. The minimum atomic E-state index is 0.112. The predicted molar refractivity (Wildman–Crippen MR) is 36.1 cm³/mol. The molecule has 0 amide bonds. The third-order valence-corrected chi connectivity index (χ3v) is 1.54. The predicted octanol–water partition coefficient (Wildman–Crippen LogP) is 2.02. The smallest absolute Gasteiger partial charge is 0.247 e. The second-order valence-corrected chi connectivity index (χ2v) is 2.09. The topological polar surface area (TPSA) is 38.1 Å². The highest BCUT2D eigenvalue weighted by Crippen LogP contribution is 2.28. The van der Waals surface area contributed by atoms with Gasteiger partial charge in [0, 0.05) is 7.05 Å². The molecule has 0 aliphatic heterocycles. The highest BCUT2D eigenvalue weighted by molar-refractivity contribution is 6.42. The van der Waals surface area contributed by atoms with Crippen LogP contribution in [0, 0.1) is 0 Å². The van der Waals surface area contributed by atoms with Gasteiger partial charge in [-0.2, -0.15) is 0 Å². The minimum Gasteiger partial charge on any atom is -0.369 e. The molecule has 3 nitrogen and oxygen atoms in total. The Bertz CT molecular complexity index is 210. The van der Waals surface area contributed by atoms with Crippen LogP contribution in [0.3, 0.4) is 0 Å². The van der Waals surface area contributed by atoms with E-state index in [1.54, 1.807) is 7.05 Å². The van der Waals surface area contributed by atoms with Crippen molar-refractivity contribution in [1.82, 2.24) is 5.16 Å². The average Bonchev–Trinajstić information content (AvgIpc) is 2.15. The molecule has 9 heavy (non-hydrogen) atoms. The van der Waals surface area contributed by atoms with Crippen LogP contribution in [0.2, 0.25) is 10.2 Å². The van der Waals surface area contributed by atoms with Gasteiger partial charge in [0.05, 0.1) is 0 Å². The van der Waals surface area contributed by atoms with Crippen LogP contribution >= 0.6 is 23.2 Å². The number of rotatable bonds is 1. The molecule has 1 N–H and O–H groups in total. The maximum absolute atomic E-state index is 5.56. The fourth-order valence-corrected chi connectivity index (χ4v) is 0.702. The zero-order valence-corrected chi connectivity index (χ0v) is 6.12. The highest BCUT2D eigenvalue weighted by atomic mass is 35.5. The first-order chi connectivity index (χ1) is 4.25. The summed E-state index contributed by atoms with van der Waals surface area (Å²) in [4.78, 5) is 0. The third kappa shape index (κ3) is 1.11. The molecule has 1 heterocycles. The van der Waals surface area contributed by atoms with Crippen molar-refractivity contribution in [3.05, 3.63) is 10.2 Å². The molecule has 0 spiro atoms. The molecule has 0 fully saturated rings. The number of nitrogens with zero attached hydrogens (tertiary/aromatic N) is 1. The Hall–Kier alpha value is -0.410. The maximum atomic E-state index is 5.56. The lowest BCUT2D eigenvalue weighted by Crippen LogP contribution is -1.86. The van der Waals surface area contributed by atoms with E-state index >= 15 is 0 Å². The molecule has 0 radical (unpaired) electrons. The van der Waals surface area contributed by atoms with Crippen LogP contribution in [-0.4, -0.2) is 12.2 Å². The fraction of sp³-hybridized carbons (Fsp3) is 0.250. The summed E-state index contributed by atoms with van der Waals surface area (Å²) in [5, 5.41) is 6.61. The van der Waals surface area contributed by atoms with Gasteiger partial charge in [-0.1, -0.05) is 16.8 Å². The van der Waals surface area contributed by atoms with Crippen molar-refractivity contribution in [3.63, 3.8) is 0 Å².